The molecule has 3 heteroatoms. The van der Waals surface area contributed by atoms with Gasteiger partial charge in [-0.05, 0) is 51.4 Å². The lowest BCUT2D eigenvalue weighted by atomic mass is 9.97. The molecule has 0 amide bonds. The maximum Gasteiger partial charge on any atom is 0.0455 e. The van der Waals surface area contributed by atoms with Crippen molar-refractivity contribution in [2.24, 2.45) is 0 Å². The molecule has 0 bridgehead atoms. The highest BCUT2D eigenvalue weighted by Crippen LogP contribution is 2.30. The average Bonchev–Trinajstić information content (AvgIpc) is 2.43. The van der Waals surface area contributed by atoms with Crippen molar-refractivity contribution in [2.45, 2.75) is 32.7 Å². The Bertz CT molecular complexity index is 401. The molecule has 0 spiro atoms. The monoisotopic (exact) mass is 252 g/mol. The number of rotatable bonds is 1. The third-order valence-corrected chi connectivity index (χ3v) is 4.03. The van der Waals surface area contributed by atoms with Gasteiger partial charge in [0.05, 0.1) is 0 Å². The van der Waals surface area contributed by atoms with E-state index in [-0.39, 0.29) is 5.54 Å². The summed E-state index contributed by atoms with van der Waals surface area (Å²) in [6.07, 6.45) is 1.15. The van der Waals surface area contributed by atoms with Crippen molar-refractivity contribution in [2.75, 3.05) is 24.5 Å². The van der Waals surface area contributed by atoms with E-state index >= 15 is 0 Å². The second-order valence-corrected chi connectivity index (χ2v) is 5.80. The van der Waals surface area contributed by atoms with E-state index in [9.17, 15) is 0 Å². The standard InChI is InChI=1S/C14H21ClN2/c1-11-4-5-12(10-13(11)15)17-9-8-16-7-6-14(17,2)3/h4-5,10,16H,6-9H2,1-3H3. The maximum absolute atomic E-state index is 6.22. The molecule has 1 aromatic rings. The molecule has 0 radical (unpaired) electrons. The molecule has 1 aliphatic heterocycles. The molecule has 94 valence electrons. The fourth-order valence-corrected chi connectivity index (χ4v) is 2.55. The van der Waals surface area contributed by atoms with Crippen LogP contribution in [0.5, 0.6) is 0 Å². The maximum atomic E-state index is 6.22. The number of nitrogens with one attached hydrogen (secondary N) is 1. The Morgan fingerprint density at radius 3 is 2.76 bits per heavy atom. The fourth-order valence-electron chi connectivity index (χ4n) is 2.38. The smallest absolute Gasteiger partial charge is 0.0455 e. The zero-order valence-corrected chi connectivity index (χ0v) is 11.6. The third-order valence-electron chi connectivity index (χ3n) is 3.62. The highest BCUT2D eigenvalue weighted by molar-refractivity contribution is 6.31. The first kappa shape index (κ1) is 12.7. The summed E-state index contributed by atoms with van der Waals surface area (Å²) >= 11 is 6.22. The molecule has 2 rings (SSSR count). The van der Waals surface area contributed by atoms with Crippen LogP contribution in [0.3, 0.4) is 0 Å². The lowest BCUT2D eigenvalue weighted by Crippen LogP contribution is -2.44. The van der Waals surface area contributed by atoms with Gasteiger partial charge in [-0.2, -0.15) is 0 Å². The second kappa shape index (κ2) is 4.87. The van der Waals surface area contributed by atoms with Gasteiger partial charge in [-0.1, -0.05) is 17.7 Å². The van der Waals surface area contributed by atoms with E-state index in [2.05, 4.69) is 42.3 Å². The van der Waals surface area contributed by atoms with Crippen LogP contribution in [-0.4, -0.2) is 25.2 Å². The van der Waals surface area contributed by atoms with Crippen LogP contribution < -0.4 is 10.2 Å². The van der Waals surface area contributed by atoms with Gasteiger partial charge in [0.2, 0.25) is 0 Å². The highest BCUT2D eigenvalue weighted by atomic mass is 35.5. The van der Waals surface area contributed by atoms with E-state index in [0.717, 1.165) is 36.6 Å². The van der Waals surface area contributed by atoms with E-state index in [1.54, 1.807) is 0 Å². The number of hydrogen-bond acceptors (Lipinski definition) is 2. The van der Waals surface area contributed by atoms with Crippen molar-refractivity contribution in [1.82, 2.24) is 5.32 Å². The summed E-state index contributed by atoms with van der Waals surface area (Å²) in [7, 11) is 0. The Morgan fingerprint density at radius 1 is 1.29 bits per heavy atom. The lowest BCUT2D eigenvalue weighted by molar-refractivity contribution is 0.454. The normalized spacial score (nSPS) is 20.1. The largest absolute Gasteiger partial charge is 0.365 e. The third kappa shape index (κ3) is 2.75. The first-order valence-corrected chi connectivity index (χ1v) is 6.63. The Balaban J connectivity index is 2.32. The van der Waals surface area contributed by atoms with Crippen molar-refractivity contribution >= 4 is 17.3 Å². The quantitative estimate of drug-likeness (QED) is 0.826. The first-order chi connectivity index (χ1) is 8.00. The van der Waals surface area contributed by atoms with Crippen LogP contribution in [0.25, 0.3) is 0 Å². The van der Waals surface area contributed by atoms with Crippen molar-refractivity contribution in [3.8, 4) is 0 Å². The van der Waals surface area contributed by atoms with Crippen molar-refractivity contribution in [3.63, 3.8) is 0 Å². The Labute approximate surface area is 109 Å². The van der Waals surface area contributed by atoms with Gasteiger partial charge in [0.15, 0.2) is 0 Å². The van der Waals surface area contributed by atoms with E-state index in [4.69, 9.17) is 11.6 Å². The molecule has 0 aromatic heterocycles. The van der Waals surface area contributed by atoms with E-state index in [1.165, 1.54) is 5.69 Å². The summed E-state index contributed by atoms with van der Waals surface area (Å²) in [5.41, 5.74) is 2.55. The Hall–Kier alpha value is -0.730. The van der Waals surface area contributed by atoms with E-state index < -0.39 is 0 Å². The summed E-state index contributed by atoms with van der Waals surface area (Å²) in [4.78, 5) is 2.46. The SMILES string of the molecule is Cc1ccc(N2CCNCCC2(C)C)cc1Cl. The van der Waals surface area contributed by atoms with Gasteiger partial charge >= 0.3 is 0 Å². The minimum Gasteiger partial charge on any atom is -0.365 e. The predicted molar refractivity (Wildman–Crippen MR) is 75.1 cm³/mol. The fraction of sp³-hybridized carbons (Fsp3) is 0.571. The van der Waals surface area contributed by atoms with Gasteiger partial charge in [-0.25, -0.2) is 0 Å². The summed E-state index contributed by atoms with van der Waals surface area (Å²) in [5.74, 6) is 0. The molecular formula is C14H21ClN2. The van der Waals surface area contributed by atoms with Gasteiger partial charge in [-0.3, -0.25) is 0 Å². The topological polar surface area (TPSA) is 15.3 Å². The molecule has 2 nitrogen and oxygen atoms in total. The molecule has 1 fully saturated rings. The summed E-state index contributed by atoms with van der Waals surface area (Å²) < 4.78 is 0. The molecule has 0 atom stereocenters. The Kier molecular flexibility index (Phi) is 3.64. The summed E-state index contributed by atoms with van der Waals surface area (Å²) in [5, 5.41) is 4.31. The minimum atomic E-state index is 0.183. The number of halogens is 1. The molecule has 1 aromatic carbocycles. The summed E-state index contributed by atoms with van der Waals surface area (Å²) in [6, 6.07) is 6.37. The number of nitrogens with zero attached hydrogens (tertiary/aromatic N) is 1. The van der Waals surface area contributed by atoms with Crippen LogP contribution >= 0.6 is 11.6 Å². The van der Waals surface area contributed by atoms with Gasteiger partial charge in [-0.15, -0.1) is 0 Å². The minimum absolute atomic E-state index is 0.183. The van der Waals surface area contributed by atoms with Crippen LogP contribution in [-0.2, 0) is 0 Å². The zero-order valence-electron chi connectivity index (χ0n) is 10.9. The van der Waals surface area contributed by atoms with Crippen molar-refractivity contribution in [3.05, 3.63) is 28.8 Å². The number of aryl methyl sites for hydroxylation is 1. The van der Waals surface area contributed by atoms with Crippen LogP contribution in [0.4, 0.5) is 5.69 Å². The van der Waals surface area contributed by atoms with Crippen LogP contribution in [0.1, 0.15) is 25.8 Å². The molecule has 0 aliphatic carbocycles. The second-order valence-electron chi connectivity index (χ2n) is 5.40. The number of hydrogen-bond donors (Lipinski definition) is 1. The molecule has 17 heavy (non-hydrogen) atoms. The molecule has 0 saturated carbocycles. The molecule has 1 heterocycles. The average molecular weight is 253 g/mol. The van der Waals surface area contributed by atoms with E-state index in [1.807, 2.05) is 6.92 Å². The van der Waals surface area contributed by atoms with Crippen LogP contribution in [0, 0.1) is 6.92 Å². The number of anilines is 1. The lowest BCUT2D eigenvalue weighted by Gasteiger charge is -2.39. The molecule has 1 aliphatic rings. The molecule has 1 N–H and O–H groups in total. The zero-order chi connectivity index (χ0) is 12.5. The molecule has 0 unspecified atom stereocenters. The highest BCUT2D eigenvalue weighted by Gasteiger charge is 2.28. The van der Waals surface area contributed by atoms with Gasteiger partial charge in [0.25, 0.3) is 0 Å². The molecular weight excluding hydrogens is 232 g/mol. The summed E-state index contributed by atoms with van der Waals surface area (Å²) in [6.45, 7) is 9.80. The van der Waals surface area contributed by atoms with Crippen molar-refractivity contribution < 1.29 is 0 Å². The van der Waals surface area contributed by atoms with Crippen molar-refractivity contribution in [1.29, 1.82) is 0 Å². The van der Waals surface area contributed by atoms with Crippen LogP contribution in [0.15, 0.2) is 18.2 Å². The molecule has 1 saturated heterocycles. The number of benzene rings is 1. The van der Waals surface area contributed by atoms with Crippen LogP contribution in [0.2, 0.25) is 5.02 Å². The van der Waals surface area contributed by atoms with Gasteiger partial charge in [0, 0.05) is 29.3 Å². The Morgan fingerprint density at radius 2 is 2.06 bits per heavy atom. The van der Waals surface area contributed by atoms with Gasteiger partial charge in [0.1, 0.15) is 0 Å². The van der Waals surface area contributed by atoms with E-state index in [0.29, 0.717) is 0 Å². The predicted octanol–water partition coefficient (Wildman–Crippen LogP) is 3.23. The first-order valence-electron chi connectivity index (χ1n) is 6.25. The van der Waals surface area contributed by atoms with Gasteiger partial charge < -0.3 is 10.2 Å².